The maximum absolute atomic E-state index is 11.2. The SMILES string of the molecule is COC(Cc1cc(OCc2ccccc2)ccc1[N+](=O)[O-])OC. The summed E-state index contributed by atoms with van der Waals surface area (Å²) in [6, 6.07) is 14.4. The van der Waals surface area contributed by atoms with Gasteiger partial charge >= 0.3 is 0 Å². The number of benzene rings is 2. The Hall–Kier alpha value is -2.44. The molecule has 6 nitrogen and oxygen atoms in total. The molecule has 0 aliphatic heterocycles. The molecule has 0 unspecified atom stereocenters. The maximum Gasteiger partial charge on any atom is 0.273 e. The van der Waals surface area contributed by atoms with E-state index in [9.17, 15) is 10.1 Å². The standard InChI is InChI=1S/C17H19NO5/c1-21-17(22-2)11-14-10-15(8-9-16(14)18(19)20)23-12-13-6-4-3-5-7-13/h3-10,17H,11-12H2,1-2H3. The van der Waals surface area contributed by atoms with E-state index in [2.05, 4.69) is 0 Å². The lowest BCUT2D eigenvalue weighted by atomic mass is 10.1. The first-order valence-corrected chi connectivity index (χ1v) is 7.13. The van der Waals surface area contributed by atoms with E-state index in [1.54, 1.807) is 12.1 Å². The third-order valence-corrected chi connectivity index (χ3v) is 3.41. The summed E-state index contributed by atoms with van der Waals surface area (Å²) in [6.07, 6.45) is -0.274. The van der Waals surface area contributed by atoms with Gasteiger partial charge in [-0.1, -0.05) is 30.3 Å². The van der Waals surface area contributed by atoms with Crippen molar-refractivity contribution < 1.29 is 19.1 Å². The first-order valence-electron chi connectivity index (χ1n) is 7.13. The van der Waals surface area contributed by atoms with E-state index in [0.29, 0.717) is 17.9 Å². The van der Waals surface area contributed by atoms with Crippen LogP contribution in [0.2, 0.25) is 0 Å². The third-order valence-electron chi connectivity index (χ3n) is 3.41. The Kier molecular flexibility index (Phi) is 6.08. The highest BCUT2D eigenvalue weighted by Crippen LogP contribution is 2.26. The number of ether oxygens (including phenoxy) is 3. The van der Waals surface area contributed by atoms with Gasteiger partial charge in [-0.05, 0) is 17.7 Å². The van der Waals surface area contributed by atoms with Crippen LogP contribution in [0, 0.1) is 10.1 Å². The predicted octanol–water partition coefficient (Wildman–Crippen LogP) is 3.34. The molecule has 0 heterocycles. The van der Waals surface area contributed by atoms with Crippen LogP contribution in [0.3, 0.4) is 0 Å². The number of nitro benzene ring substituents is 1. The molecule has 0 aliphatic rings. The minimum atomic E-state index is -0.543. The van der Waals surface area contributed by atoms with E-state index in [1.165, 1.54) is 20.3 Å². The van der Waals surface area contributed by atoms with Gasteiger partial charge in [0.15, 0.2) is 6.29 Å². The Bertz CT molecular complexity index is 641. The average Bonchev–Trinajstić information content (AvgIpc) is 2.58. The lowest BCUT2D eigenvalue weighted by Crippen LogP contribution is -2.17. The molecule has 0 bridgehead atoms. The molecule has 0 aliphatic carbocycles. The van der Waals surface area contributed by atoms with Crippen molar-refractivity contribution in [1.29, 1.82) is 0 Å². The number of nitro groups is 1. The predicted molar refractivity (Wildman–Crippen MR) is 85.4 cm³/mol. The summed E-state index contributed by atoms with van der Waals surface area (Å²) < 4.78 is 16.0. The van der Waals surface area contributed by atoms with Crippen LogP contribution in [-0.2, 0) is 22.5 Å². The van der Waals surface area contributed by atoms with Gasteiger partial charge in [0.1, 0.15) is 12.4 Å². The van der Waals surface area contributed by atoms with Gasteiger partial charge in [-0.3, -0.25) is 10.1 Å². The molecule has 0 amide bonds. The molecule has 0 aromatic heterocycles. The van der Waals surface area contributed by atoms with Crippen LogP contribution in [-0.4, -0.2) is 25.4 Å². The van der Waals surface area contributed by atoms with Gasteiger partial charge in [0.2, 0.25) is 0 Å². The third kappa shape index (κ3) is 4.77. The Morgan fingerprint density at radius 3 is 2.39 bits per heavy atom. The Balaban J connectivity index is 2.16. The minimum Gasteiger partial charge on any atom is -0.489 e. The summed E-state index contributed by atoms with van der Waals surface area (Å²) in [5.41, 5.74) is 1.56. The molecule has 2 aromatic carbocycles. The molecule has 23 heavy (non-hydrogen) atoms. The second-order valence-electron chi connectivity index (χ2n) is 4.93. The van der Waals surface area contributed by atoms with Gasteiger partial charge in [0.25, 0.3) is 5.69 Å². The van der Waals surface area contributed by atoms with Gasteiger partial charge in [-0.15, -0.1) is 0 Å². The molecular weight excluding hydrogens is 298 g/mol. The zero-order valence-electron chi connectivity index (χ0n) is 13.1. The number of hydrogen-bond donors (Lipinski definition) is 0. The molecular formula is C17H19NO5. The largest absolute Gasteiger partial charge is 0.489 e. The quantitative estimate of drug-likeness (QED) is 0.424. The Labute approximate surface area is 134 Å². The highest BCUT2D eigenvalue weighted by atomic mass is 16.7. The number of hydrogen-bond acceptors (Lipinski definition) is 5. The van der Waals surface area contributed by atoms with Gasteiger partial charge in [0.05, 0.1) is 4.92 Å². The lowest BCUT2D eigenvalue weighted by Gasteiger charge is -2.14. The van der Waals surface area contributed by atoms with Crippen LogP contribution in [0.1, 0.15) is 11.1 Å². The second-order valence-corrected chi connectivity index (χ2v) is 4.93. The lowest BCUT2D eigenvalue weighted by molar-refractivity contribution is -0.385. The summed E-state index contributed by atoms with van der Waals surface area (Å²) in [5.74, 6) is 0.570. The van der Waals surface area contributed by atoms with Crippen molar-refractivity contribution in [3.8, 4) is 5.75 Å². The summed E-state index contributed by atoms with van der Waals surface area (Å²) in [6.45, 7) is 0.399. The molecule has 0 spiro atoms. The van der Waals surface area contributed by atoms with Crippen LogP contribution in [0.4, 0.5) is 5.69 Å². The van der Waals surface area contributed by atoms with Crippen molar-refractivity contribution in [2.45, 2.75) is 19.3 Å². The van der Waals surface area contributed by atoms with Crippen LogP contribution < -0.4 is 4.74 Å². The monoisotopic (exact) mass is 317 g/mol. The maximum atomic E-state index is 11.2. The molecule has 0 saturated heterocycles. The van der Waals surface area contributed by atoms with Crippen molar-refractivity contribution in [2.75, 3.05) is 14.2 Å². The zero-order valence-corrected chi connectivity index (χ0v) is 13.1. The molecule has 6 heteroatoms. The fourth-order valence-corrected chi connectivity index (χ4v) is 2.18. The summed E-state index contributed by atoms with van der Waals surface area (Å²) in [4.78, 5) is 10.7. The van der Waals surface area contributed by atoms with Crippen LogP contribution in [0.5, 0.6) is 5.75 Å². The molecule has 0 fully saturated rings. The van der Waals surface area contributed by atoms with E-state index in [1.807, 2.05) is 30.3 Å². The van der Waals surface area contributed by atoms with Crippen LogP contribution >= 0.6 is 0 Å². The topological polar surface area (TPSA) is 70.8 Å². The van der Waals surface area contributed by atoms with Crippen molar-refractivity contribution in [3.05, 3.63) is 69.8 Å². The number of methoxy groups -OCH3 is 2. The van der Waals surface area contributed by atoms with Crippen LogP contribution in [0.15, 0.2) is 48.5 Å². The molecule has 0 radical (unpaired) electrons. The fraction of sp³-hybridized carbons (Fsp3) is 0.294. The molecule has 2 rings (SSSR count). The van der Waals surface area contributed by atoms with E-state index < -0.39 is 11.2 Å². The smallest absolute Gasteiger partial charge is 0.273 e. The van der Waals surface area contributed by atoms with Crippen LogP contribution in [0.25, 0.3) is 0 Å². The first-order chi connectivity index (χ1) is 11.1. The van der Waals surface area contributed by atoms with Crippen molar-refractivity contribution in [3.63, 3.8) is 0 Å². The normalized spacial score (nSPS) is 10.7. The summed E-state index contributed by atoms with van der Waals surface area (Å²) in [7, 11) is 2.99. The summed E-state index contributed by atoms with van der Waals surface area (Å²) >= 11 is 0. The second kappa shape index (κ2) is 8.26. The van der Waals surface area contributed by atoms with E-state index in [0.717, 1.165) is 5.56 Å². The molecule has 0 N–H and O–H groups in total. The van der Waals surface area contributed by atoms with E-state index in [-0.39, 0.29) is 12.1 Å². The molecule has 0 atom stereocenters. The Morgan fingerprint density at radius 1 is 1.09 bits per heavy atom. The number of rotatable bonds is 8. The zero-order chi connectivity index (χ0) is 16.7. The van der Waals surface area contributed by atoms with Gasteiger partial charge in [-0.2, -0.15) is 0 Å². The van der Waals surface area contributed by atoms with E-state index in [4.69, 9.17) is 14.2 Å². The van der Waals surface area contributed by atoms with Gasteiger partial charge in [-0.25, -0.2) is 0 Å². The van der Waals surface area contributed by atoms with Gasteiger partial charge < -0.3 is 14.2 Å². The Morgan fingerprint density at radius 2 is 1.78 bits per heavy atom. The fourth-order valence-electron chi connectivity index (χ4n) is 2.18. The van der Waals surface area contributed by atoms with E-state index >= 15 is 0 Å². The number of nitrogens with zero attached hydrogens (tertiary/aromatic N) is 1. The van der Waals surface area contributed by atoms with Gasteiger partial charge in [0, 0.05) is 32.3 Å². The van der Waals surface area contributed by atoms with Crippen molar-refractivity contribution in [1.82, 2.24) is 0 Å². The highest BCUT2D eigenvalue weighted by molar-refractivity contribution is 5.45. The highest BCUT2D eigenvalue weighted by Gasteiger charge is 2.18. The minimum absolute atomic E-state index is 0.0242. The summed E-state index contributed by atoms with van der Waals surface area (Å²) in [5, 5.41) is 11.2. The molecule has 122 valence electrons. The molecule has 0 saturated carbocycles. The average molecular weight is 317 g/mol. The van der Waals surface area contributed by atoms with Crippen molar-refractivity contribution >= 4 is 5.69 Å². The van der Waals surface area contributed by atoms with Crippen molar-refractivity contribution in [2.24, 2.45) is 0 Å². The first kappa shape index (κ1) is 16.9. The molecule has 2 aromatic rings.